The summed E-state index contributed by atoms with van der Waals surface area (Å²) in [5.41, 5.74) is 0. The predicted molar refractivity (Wildman–Crippen MR) is 84.5 cm³/mol. The number of likely N-dealkylation sites (tertiary alicyclic amines) is 1. The average molecular weight is 310 g/mol. The number of piperidine rings is 1. The van der Waals surface area contributed by atoms with E-state index in [1.807, 2.05) is 6.92 Å². The Morgan fingerprint density at radius 2 is 1.82 bits per heavy atom. The third-order valence-electron chi connectivity index (χ3n) is 5.40. The first-order valence-corrected chi connectivity index (χ1v) is 9.01. The van der Waals surface area contributed by atoms with Gasteiger partial charge in [-0.3, -0.25) is 9.69 Å². The largest absolute Gasteiger partial charge is 0.352 e. The molecule has 2 heterocycles. The Labute approximate surface area is 133 Å². The summed E-state index contributed by atoms with van der Waals surface area (Å²) in [6, 6.07) is 0.344. The lowest BCUT2D eigenvalue weighted by Gasteiger charge is -2.38. The van der Waals surface area contributed by atoms with E-state index in [1.54, 1.807) is 0 Å². The zero-order valence-corrected chi connectivity index (χ0v) is 13.8. The van der Waals surface area contributed by atoms with Gasteiger partial charge in [-0.25, -0.2) is 0 Å². The van der Waals surface area contributed by atoms with Gasteiger partial charge in [0, 0.05) is 18.5 Å². The molecule has 1 saturated carbocycles. The van der Waals surface area contributed by atoms with Crippen LogP contribution in [0, 0.1) is 5.92 Å². The summed E-state index contributed by atoms with van der Waals surface area (Å²) in [6.07, 6.45) is 8.31. The van der Waals surface area contributed by atoms with Gasteiger partial charge in [0.05, 0.1) is 19.3 Å². The topological polar surface area (TPSA) is 50.8 Å². The van der Waals surface area contributed by atoms with E-state index in [4.69, 9.17) is 9.47 Å². The number of nitrogens with zero attached hydrogens (tertiary/aromatic N) is 1. The standard InChI is InChI=1S/C17H30N2O3/c1-13(16(20)18-15-7-3-2-4-8-15)19-9-5-6-14(12-19)17-21-10-11-22-17/h13-15,17H,2-12H2,1H3,(H,18,20)/t13-,14-/m0/s1. The number of hydrogen-bond acceptors (Lipinski definition) is 4. The quantitative estimate of drug-likeness (QED) is 0.862. The Kier molecular flexibility index (Phi) is 5.71. The number of carbonyl (C=O) groups is 1. The van der Waals surface area contributed by atoms with E-state index in [0.29, 0.717) is 25.2 Å². The monoisotopic (exact) mass is 310 g/mol. The molecule has 0 bridgehead atoms. The van der Waals surface area contributed by atoms with Gasteiger partial charge in [0.1, 0.15) is 0 Å². The smallest absolute Gasteiger partial charge is 0.237 e. The van der Waals surface area contributed by atoms with Gasteiger partial charge in [0.15, 0.2) is 6.29 Å². The van der Waals surface area contributed by atoms with Gasteiger partial charge >= 0.3 is 0 Å². The predicted octanol–water partition coefficient (Wildman–Crippen LogP) is 1.91. The van der Waals surface area contributed by atoms with Gasteiger partial charge < -0.3 is 14.8 Å². The highest BCUT2D eigenvalue weighted by Gasteiger charge is 2.34. The maximum atomic E-state index is 12.5. The molecule has 22 heavy (non-hydrogen) atoms. The van der Waals surface area contributed by atoms with Crippen LogP contribution in [0.4, 0.5) is 0 Å². The minimum Gasteiger partial charge on any atom is -0.352 e. The number of hydrogen-bond donors (Lipinski definition) is 1. The normalized spacial score (nSPS) is 30.3. The highest BCUT2D eigenvalue weighted by molar-refractivity contribution is 5.81. The molecule has 2 atom stereocenters. The number of amides is 1. The number of rotatable bonds is 4. The van der Waals surface area contributed by atoms with Gasteiger partial charge in [0.2, 0.25) is 5.91 Å². The first kappa shape index (κ1) is 16.2. The molecular weight excluding hydrogens is 280 g/mol. The van der Waals surface area contributed by atoms with Crippen molar-refractivity contribution in [2.45, 2.75) is 70.2 Å². The second-order valence-corrected chi connectivity index (χ2v) is 7.03. The molecule has 5 heteroatoms. The van der Waals surface area contributed by atoms with Crippen molar-refractivity contribution in [1.29, 1.82) is 0 Å². The van der Waals surface area contributed by atoms with Crippen molar-refractivity contribution in [2.75, 3.05) is 26.3 Å². The lowest BCUT2D eigenvalue weighted by molar-refractivity contribution is -0.131. The molecule has 0 spiro atoms. The Balaban J connectivity index is 1.49. The third-order valence-corrected chi connectivity index (χ3v) is 5.40. The van der Waals surface area contributed by atoms with E-state index in [0.717, 1.165) is 38.8 Å². The van der Waals surface area contributed by atoms with Gasteiger partial charge in [-0.2, -0.15) is 0 Å². The fraction of sp³-hybridized carbons (Fsp3) is 0.941. The van der Waals surface area contributed by atoms with E-state index in [2.05, 4.69) is 10.2 Å². The van der Waals surface area contributed by atoms with Crippen molar-refractivity contribution in [1.82, 2.24) is 10.2 Å². The Morgan fingerprint density at radius 3 is 2.55 bits per heavy atom. The minimum absolute atomic E-state index is 0.0499. The van der Waals surface area contributed by atoms with Crippen molar-refractivity contribution in [3.05, 3.63) is 0 Å². The summed E-state index contributed by atoms with van der Waals surface area (Å²) in [7, 11) is 0. The molecule has 126 valence electrons. The molecule has 2 saturated heterocycles. The fourth-order valence-corrected chi connectivity index (χ4v) is 4.00. The van der Waals surface area contributed by atoms with E-state index < -0.39 is 0 Å². The Hall–Kier alpha value is -0.650. The summed E-state index contributed by atoms with van der Waals surface area (Å²) < 4.78 is 11.3. The molecule has 0 radical (unpaired) electrons. The Morgan fingerprint density at radius 1 is 1.09 bits per heavy atom. The van der Waals surface area contributed by atoms with Crippen LogP contribution < -0.4 is 5.32 Å². The molecule has 0 aromatic heterocycles. The second-order valence-electron chi connectivity index (χ2n) is 7.03. The molecule has 1 N–H and O–H groups in total. The van der Waals surface area contributed by atoms with Crippen molar-refractivity contribution in [3.63, 3.8) is 0 Å². The van der Waals surface area contributed by atoms with Crippen molar-refractivity contribution >= 4 is 5.91 Å². The minimum atomic E-state index is -0.0589. The van der Waals surface area contributed by atoms with Gasteiger partial charge in [-0.05, 0) is 39.2 Å². The first-order valence-electron chi connectivity index (χ1n) is 9.01. The molecule has 1 aliphatic carbocycles. The molecule has 3 aliphatic rings. The van der Waals surface area contributed by atoms with Gasteiger partial charge in [0.25, 0.3) is 0 Å². The van der Waals surface area contributed by atoms with Gasteiger partial charge in [-0.1, -0.05) is 19.3 Å². The lowest BCUT2D eigenvalue weighted by atomic mass is 9.94. The van der Waals surface area contributed by atoms with E-state index in [9.17, 15) is 4.79 Å². The van der Waals surface area contributed by atoms with Crippen LogP contribution in [0.1, 0.15) is 51.9 Å². The number of carbonyl (C=O) groups excluding carboxylic acids is 1. The average Bonchev–Trinajstić information content (AvgIpc) is 3.10. The van der Waals surface area contributed by atoms with Crippen molar-refractivity contribution < 1.29 is 14.3 Å². The summed E-state index contributed by atoms with van der Waals surface area (Å²) in [5.74, 6) is 0.599. The van der Waals surface area contributed by atoms with Crippen LogP contribution in [-0.4, -0.2) is 55.5 Å². The zero-order valence-electron chi connectivity index (χ0n) is 13.8. The fourth-order valence-electron chi connectivity index (χ4n) is 4.00. The summed E-state index contributed by atoms with van der Waals surface area (Å²) >= 11 is 0. The van der Waals surface area contributed by atoms with Crippen LogP contribution >= 0.6 is 0 Å². The van der Waals surface area contributed by atoms with Crippen LogP contribution in [0.3, 0.4) is 0 Å². The van der Waals surface area contributed by atoms with Crippen LogP contribution in [0.5, 0.6) is 0 Å². The van der Waals surface area contributed by atoms with E-state index in [-0.39, 0.29) is 18.2 Å². The van der Waals surface area contributed by atoms with Crippen molar-refractivity contribution in [2.24, 2.45) is 5.92 Å². The highest BCUT2D eigenvalue weighted by atomic mass is 16.7. The molecule has 0 unspecified atom stereocenters. The number of nitrogens with one attached hydrogen (secondary N) is 1. The molecule has 2 aliphatic heterocycles. The molecule has 0 aromatic rings. The van der Waals surface area contributed by atoms with Crippen LogP contribution in [0.2, 0.25) is 0 Å². The summed E-state index contributed by atoms with van der Waals surface area (Å²) in [4.78, 5) is 14.8. The number of ether oxygens (including phenoxy) is 2. The maximum Gasteiger partial charge on any atom is 0.237 e. The molecule has 1 amide bonds. The first-order chi connectivity index (χ1) is 10.7. The van der Waals surface area contributed by atoms with E-state index in [1.165, 1.54) is 19.3 Å². The summed E-state index contributed by atoms with van der Waals surface area (Å²) in [5, 5.41) is 3.26. The third kappa shape index (κ3) is 4.00. The van der Waals surface area contributed by atoms with Crippen LogP contribution in [0.15, 0.2) is 0 Å². The highest BCUT2D eigenvalue weighted by Crippen LogP contribution is 2.26. The van der Waals surface area contributed by atoms with Crippen LogP contribution in [0.25, 0.3) is 0 Å². The lowest BCUT2D eigenvalue weighted by Crippen LogP contribution is -2.52. The van der Waals surface area contributed by atoms with Crippen molar-refractivity contribution in [3.8, 4) is 0 Å². The summed E-state index contributed by atoms with van der Waals surface area (Å²) in [6.45, 7) is 5.36. The van der Waals surface area contributed by atoms with E-state index >= 15 is 0 Å². The van der Waals surface area contributed by atoms with Gasteiger partial charge in [-0.15, -0.1) is 0 Å². The molecule has 3 fully saturated rings. The Bertz CT molecular complexity index is 365. The maximum absolute atomic E-state index is 12.5. The molecule has 5 nitrogen and oxygen atoms in total. The molecule has 0 aromatic carbocycles. The second kappa shape index (κ2) is 7.75. The zero-order chi connectivity index (χ0) is 15.4. The SMILES string of the molecule is C[C@@H](C(=O)NC1CCCCC1)N1CCC[C@H](C2OCCO2)C1. The molecular formula is C17H30N2O3. The van der Waals surface area contributed by atoms with Crippen LogP contribution in [-0.2, 0) is 14.3 Å². The molecule has 3 rings (SSSR count).